The molecular formula is C27H34N4O6. The number of amides is 3. The minimum Gasteiger partial charge on any atom is -0.508 e. The maximum absolute atomic E-state index is 13.8. The molecule has 3 amide bonds. The molecule has 3 N–H and O–H groups in total. The fourth-order valence-corrected chi connectivity index (χ4v) is 3.55. The first-order valence-corrected chi connectivity index (χ1v) is 11.8. The van der Waals surface area contributed by atoms with Crippen molar-refractivity contribution in [3.05, 3.63) is 54.1 Å². The molecule has 0 heterocycles. The Hall–Kier alpha value is -4.26. The van der Waals surface area contributed by atoms with Gasteiger partial charge in [-0.2, -0.15) is 5.26 Å². The van der Waals surface area contributed by atoms with Crippen molar-refractivity contribution in [3.63, 3.8) is 0 Å². The maximum Gasteiger partial charge on any atom is 0.408 e. The van der Waals surface area contributed by atoms with E-state index in [0.29, 0.717) is 11.4 Å². The van der Waals surface area contributed by atoms with Gasteiger partial charge in [-0.1, -0.05) is 26.0 Å². The van der Waals surface area contributed by atoms with Crippen LogP contribution in [-0.4, -0.2) is 53.2 Å². The molecule has 198 valence electrons. The van der Waals surface area contributed by atoms with Gasteiger partial charge in [0.2, 0.25) is 5.91 Å². The molecule has 0 radical (unpaired) electrons. The Morgan fingerprint density at radius 3 is 2.27 bits per heavy atom. The lowest BCUT2D eigenvalue weighted by Gasteiger charge is -2.34. The zero-order valence-electron chi connectivity index (χ0n) is 21.9. The molecule has 0 aliphatic rings. The molecular weight excluding hydrogens is 476 g/mol. The number of nitrogens with one attached hydrogen (secondary N) is 2. The van der Waals surface area contributed by atoms with Gasteiger partial charge in [0.05, 0.1) is 13.2 Å². The Morgan fingerprint density at radius 2 is 1.76 bits per heavy atom. The molecule has 37 heavy (non-hydrogen) atoms. The number of benzene rings is 2. The average molecular weight is 511 g/mol. The molecule has 2 rings (SSSR count). The number of phenolic OH excluding ortho intramolecular Hbond substituents is 1. The number of carbonyl (C=O) groups excluding carboxylic acids is 3. The molecule has 0 bridgehead atoms. The van der Waals surface area contributed by atoms with Crippen molar-refractivity contribution in [1.29, 1.82) is 5.26 Å². The Morgan fingerprint density at radius 1 is 1.11 bits per heavy atom. The molecule has 2 unspecified atom stereocenters. The zero-order valence-corrected chi connectivity index (χ0v) is 21.9. The predicted octanol–water partition coefficient (Wildman–Crippen LogP) is 3.98. The van der Waals surface area contributed by atoms with Crippen LogP contribution in [-0.2, 0) is 14.3 Å². The second kappa shape index (κ2) is 12.6. The number of hydrogen-bond acceptors (Lipinski definition) is 7. The zero-order chi connectivity index (χ0) is 27.8. The highest BCUT2D eigenvalue weighted by atomic mass is 16.6. The summed E-state index contributed by atoms with van der Waals surface area (Å²) in [5.41, 5.74) is -0.0643. The van der Waals surface area contributed by atoms with Crippen molar-refractivity contribution < 1.29 is 29.0 Å². The lowest BCUT2D eigenvalue weighted by Crippen LogP contribution is -2.54. The second-order valence-electron chi connectivity index (χ2n) is 9.71. The maximum atomic E-state index is 13.8. The lowest BCUT2D eigenvalue weighted by atomic mass is 9.98. The number of rotatable bonds is 9. The van der Waals surface area contributed by atoms with Crippen LogP contribution < -0.4 is 15.4 Å². The molecule has 0 aliphatic carbocycles. The van der Waals surface area contributed by atoms with Crippen LogP contribution in [0.3, 0.4) is 0 Å². The summed E-state index contributed by atoms with van der Waals surface area (Å²) >= 11 is 0. The van der Waals surface area contributed by atoms with Crippen molar-refractivity contribution in [1.82, 2.24) is 10.2 Å². The van der Waals surface area contributed by atoms with Gasteiger partial charge in [-0.25, -0.2) is 4.79 Å². The van der Waals surface area contributed by atoms with E-state index in [9.17, 15) is 24.8 Å². The number of hydrogen-bond donors (Lipinski definition) is 3. The van der Waals surface area contributed by atoms with Gasteiger partial charge < -0.3 is 30.1 Å². The van der Waals surface area contributed by atoms with Crippen molar-refractivity contribution in [2.24, 2.45) is 5.92 Å². The number of methoxy groups -OCH3 is 1. The number of anilines is 1. The first-order valence-electron chi connectivity index (χ1n) is 11.8. The van der Waals surface area contributed by atoms with Crippen LogP contribution in [0.2, 0.25) is 0 Å². The molecule has 2 aromatic rings. The number of alkyl carbamates (subject to hydrolysis) is 1. The third-order valence-electron chi connectivity index (χ3n) is 5.23. The second-order valence-corrected chi connectivity index (χ2v) is 9.71. The average Bonchev–Trinajstić information content (AvgIpc) is 2.81. The van der Waals surface area contributed by atoms with Crippen molar-refractivity contribution >= 4 is 23.6 Å². The van der Waals surface area contributed by atoms with E-state index in [1.54, 1.807) is 65.0 Å². The normalized spacial score (nSPS) is 12.6. The molecule has 0 spiro atoms. The molecule has 0 aliphatic heterocycles. The molecule has 0 saturated carbocycles. The lowest BCUT2D eigenvalue weighted by molar-refractivity contribution is -0.140. The van der Waals surface area contributed by atoms with Gasteiger partial charge in [-0.15, -0.1) is 0 Å². The van der Waals surface area contributed by atoms with Crippen LogP contribution in [0.15, 0.2) is 48.5 Å². The van der Waals surface area contributed by atoms with E-state index in [4.69, 9.17) is 9.47 Å². The van der Waals surface area contributed by atoms with Crippen LogP contribution in [0.5, 0.6) is 11.5 Å². The molecule has 0 fully saturated rings. The fraction of sp³-hybridized carbons (Fsp3) is 0.407. The van der Waals surface area contributed by atoms with E-state index in [-0.39, 0.29) is 11.3 Å². The third kappa shape index (κ3) is 8.42. The highest BCUT2D eigenvalue weighted by Crippen LogP contribution is 2.28. The van der Waals surface area contributed by atoms with E-state index in [1.165, 1.54) is 25.3 Å². The smallest absolute Gasteiger partial charge is 0.408 e. The summed E-state index contributed by atoms with van der Waals surface area (Å²) < 4.78 is 10.4. The molecule has 2 aromatic carbocycles. The van der Waals surface area contributed by atoms with Gasteiger partial charge >= 0.3 is 6.09 Å². The molecule has 0 saturated heterocycles. The largest absolute Gasteiger partial charge is 0.508 e. The minimum atomic E-state index is -1.29. The molecule has 10 nitrogen and oxygen atoms in total. The molecule has 10 heteroatoms. The number of nitrogens with zero attached hydrogens (tertiary/aromatic N) is 2. The van der Waals surface area contributed by atoms with Gasteiger partial charge in [0.15, 0.2) is 0 Å². The number of aromatic hydroxyl groups is 1. The monoisotopic (exact) mass is 510 g/mol. The van der Waals surface area contributed by atoms with Crippen LogP contribution >= 0.6 is 0 Å². The van der Waals surface area contributed by atoms with E-state index >= 15 is 0 Å². The van der Waals surface area contributed by atoms with Gasteiger partial charge in [0.1, 0.15) is 35.7 Å². The number of phenols is 1. The fourth-order valence-electron chi connectivity index (χ4n) is 3.55. The standard InChI is InChI=1S/C27H34N4O6/c1-17(2)22(30-26(35)37-27(3,4)5)25(34)31(15-14-28)23(18-8-7-9-20(32)16-18)24(33)29-19-10-12-21(36-6)13-11-19/h7-13,16-17,22-23,32H,15H2,1-6H3,(H,29,33)(H,30,35). The van der Waals surface area contributed by atoms with Gasteiger partial charge in [0.25, 0.3) is 5.91 Å². The molecule has 0 aromatic heterocycles. The quantitative estimate of drug-likeness (QED) is 0.433. The summed E-state index contributed by atoms with van der Waals surface area (Å²) in [4.78, 5) is 40.9. The van der Waals surface area contributed by atoms with Crippen LogP contribution in [0.1, 0.15) is 46.2 Å². The number of ether oxygens (including phenoxy) is 2. The first-order chi connectivity index (χ1) is 17.4. The minimum absolute atomic E-state index is 0.114. The summed E-state index contributed by atoms with van der Waals surface area (Å²) in [5.74, 6) is -1.18. The van der Waals surface area contributed by atoms with Gasteiger partial charge in [-0.3, -0.25) is 9.59 Å². The summed E-state index contributed by atoms with van der Waals surface area (Å²) in [6.45, 7) is 8.09. The van der Waals surface area contributed by atoms with Crippen LogP contribution in [0.25, 0.3) is 0 Å². The highest BCUT2D eigenvalue weighted by Gasteiger charge is 2.37. The Bertz CT molecular complexity index is 1130. The van der Waals surface area contributed by atoms with E-state index in [1.807, 2.05) is 6.07 Å². The number of nitriles is 1. The summed E-state index contributed by atoms with van der Waals surface area (Å²) in [6.07, 6.45) is -0.798. The summed E-state index contributed by atoms with van der Waals surface area (Å²) in [5, 5.41) is 25.0. The SMILES string of the molecule is COc1ccc(NC(=O)C(c2cccc(O)c2)N(CC#N)C(=O)C(NC(=O)OC(C)(C)C)C(C)C)cc1. The van der Waals surface area contributed by atoms with Gasteiger partial charge in [-0.05, 0) is 68.7 Å². The topological polar surface area (TPSA) is 141 Å². The van der Waals surface area contributed by atoms with Gasteiger partial charge in [0, 0.05) is 5.69 Å². The van der Waals surface area contributed by atoms with E-state index < -0.39 is 48.1 Å². The van der Waals surface area contributed by atoms with E-state index in [2.05, 4.69) is 10.6 Å². The summed E-state index contributed by atoms with van der Waals surface area (Å²) in [7, 11) is 1.52. The highest BCUT2D eigenvalue weighted by molar-refractivity contribution is 5.99. The predicted molar refractivity (Wildman–Crippen MR) is 138 cm³/mol. The van der Waals surface area contributed by atoms with Crippen LogP contribution in [0, 0.1) is 17.2 Å². The van der Waals surface area contributed by atoms with Crippen molar-refractivity contribution in [2.45, 2.75) is 52.3 Å². The third-order valence-corrected chi connectivity index (χ3v) is 5.23. The van der Waals surface area contributed by atoms with E-state index in [0.717, 1.165) is 4.90 Å². The van der Waals surface area contributed by atoms with Crippen molar-refractivity contribution in [3.8, 4) is 17.6 Å². The summed E-state index contributed by atoms with van der Waals surface area (Å²) in [6, 6.07) is 12.0. The van der Waals surface area contributed by atoms with Crippen molar-refractivity contribution in [2.75, 3.05) is 19.0 Å². The Labute approximate surface area is 217 Å². The number of carbonyl (C=O) groups is 3. The van der Waals surface area contributed by atoms with Crippen LogP contribution in [0.4, 0.5) is 10.5 Å². The Kier molecular flexibility index (Phi) is 9.89. The Balaban J connectivity index is 2.47. The molecule has 2 atom stereocenters. The first kappa shape index (κ1) is 29.0.